The Morgan fingerprint density at radius 1 is 1.35 bits per heavy atom. The maximum atomic E-state index is 11.1. The number of esters is 1. The third-order valence-corrected chi connectivity index (χ3v) is 1.93. The molecule has 5 nitrogen and oxygen atoms in total. The Morgan fingerprint density at radius 2 is 1.94 bits per heavy atom. The first-order valence-corrected chi connectivity index (χ1v) is 4.92. The van der Waals surface area contributed by atoms with Crippen LogP contribution in [0.4, 0.5) is 0 Å². The fraction of sp³-hybridized carbons (Fsp3) is 0.167. The Morgan fingerprint density at radius 3 is 2.41 bits per heavy atom. The van der Waals surface area contributed by atoms with Crippen molar-refractivity contribution in [3.63, 3.8) is 0 Å². The van der Waals surface area contributed by atoms with Crippen molar-refractivity contribution in [1.82, 2.24) is 0 Å². The van der Waals surface area contributed by atoms with E-state index in [2.05, 4.69) is 0 Å². The van der Waals surface area contributed by atoms with Crippen LogP contribution in [0, 0.1) is 0 Å². The summed E-state index contributed by atoms with van der Waals surface area (Å²) >= 11 is 0. The molecule has 0 unspecified atom stereocenters. The van der Waals surface area contributed by atoms with Crippen molar-refractivity contribution >= 4 is 11.9 Å². The minimum absolute atomic E-state index is 0.0858. The van der Waals surface area contributed by atoms with E-state index in [1.807, 2.05) is 0 Å². The number of carboxylic acids is 1. The van der Waals surface area contributed by atoms with E-state index >= 15 is 0 Å². The highest BCUT2D eigenvalue weighted by Gasteiger charge is 2.03. The van der Waals surface area contributed by atoms with Gasteiger partial charge in [-0.2, -0.15) is 0 Å². The second-order valence-electron chi connectivity index (χ2n) is 3.50. The Hall–Kier alpha value is -2.30. The standard InChI is InChI=1S/C12H13NO4/c1-8(13)6-11(14)17-7-9-2-4-10(5-3-9)12(15)16/h2-6H,7,13H2,1H3,(H,15,16)/b8-6-. The van der Waals surface area contributed by atoms with Crippen LogP contribution < -0.4 is 5.73 Å². The number of nitrogens with two attached hydrogens (primary N) is 1. The number of aromatic carboxylic acids is 1. The van der Waals surface area contributed by atoms with Crippen LogP contribution in [-0.4, -0.2) is 17.0 Å². The summed E-state index contributed by atoms with van der Waals surface area (Å²) in [6.45, 7) is 1.67. The lowest BCUT2D eigenvalue weighted by Gasteiger charge is -2.03. The predicted molar refractivity (Wildman–Crippen MR) is 61.1 cm³/mol. The average molecular weight is 235 g/mol. The lowest BCUT2D eigenvalue weighted by Crippen LogP contribution is -2.04. The number of carbonyl (C=O) groups excluding carboxylic acids is 1. The van der Waals surface area contributed by atoms with Crippen molar-refractivity contribution in [1.29, 1.82) is 0 Å². The Labute approximate surface area is 98.5 Å². The molecule has 0 saturated heterocycles. The zero-order valence-electron chi connectivity index (χ0n) is 9.34. The molecule has 17 heavy (non-hydrogen) atoms. The van der Waals surface area contributed by atoms with Crippen molar-refractivity contribution in [2.24, 2.45) is 5.73 Å². The molecule has 0 heterocycles. The number of hydrogen-bond donors (Lipinski definition) is 2. The van der Waals surface area contributed by atoms with E-state index in [0.717, 1.165) is 0 Å². The first kappa shape index (κ1) is 12.8. The zero-order chi connectivity index (χ0) is 12.8. The van der Waals surface area contributed by atoms with E-state index in [1.54, 1.807) is 19.1 Å². The van der Waals surface area contributed by atoms with Crippen molar-refractivity contribution in [2.45, 2.75) is 13.5 Å². The van der Waals surface area contributed by atoms with Crippen LogP contribution in [0.25, 0.3) is 0 Å². The van der Waals surface area contributed by atoms with Crippen LogP contribution in [0.1, 0.15) is 22.8 Å². The van der Waals surface area contributed by atoms with Gasteiger partial charge in [0.05, 0.1) is 5.56 Å². The molecule has 0 amide bonds. The summed E-state index contributed by atoms with van der Waals surface area (Å²) in [6.07, 6.45) is 1.19. The van der Waals surface area contributed by atoms with E-state index < -0.39 is 11.9 Å². The minimum Gasteiger partial charge on any atom is -0.478 e. The number of rotatable bonds is 4. The molecule has 0 bridgehead atoms. The van der Waals surface area contributed by atoms with Gasteiger partial charge in [-0.25, -0.2) is 9.59 Å². The molecule has 5 heteroatoms. The third kappa shape index (κ3) is 4.38. The molecule has 1 rings (SSSR count). The highest BCUT2D eigenvalue weighted by Crippen LogP contribution is 2.06. The Balaban J connectivity index is 2.56. The number of ether oxygens (including phenoxy) is 1. The third-order valence-electron chi connectivity index (χ3n) is 1.93. The average Bonchev–Trinajstić information content (AvgIpc) is 2.26. The second-order valence-corrected chi connectivity index (χ2v) is 3.50. The molecule has 0 aliphatic rings. The minimum atomic E-state index is -0.991. The molecule has 1 aromatic rings. The van der Waals surface area contributed by atoms with Crippen molar-refractivity contribution in [3.8, 4) is 0 Å². The molecule has 0 atom stereocenters. The van der Waals surface area contributed by atoms with Crippen LogP contribution in [0.3, 0.4) is 0 Å². The van der Waals surface area contributed by atoms with Crippen molar-refractivity contribution < 1.29 is 19.4 Å². The number of benzene rings is 1. The molecule has 3 N–H and O–H groups in total. The van der Waals surface area contributed by atoms with E-state index in [9.17, 15) is 9.59 Å². The highest BCUT2D eigenvalue weighted by atomic mass is 16.5. The van der Waals surface area contributed by atoms with Crippen molar-refractivity contribution in [3.05, 3.63) is 47.2 Å². The molecule has 1 aromatic carbocycles. The van der Waals surface area contributed by atoms with E-state index in [4.69, 9.17) is 15.6 Å². The van der Waals surface area contributed by atoms with Gasteiger partial charge in [-0.3, -0.25) is 0 Å². The monoisotopic (exact) mass is 235 g/mol. The van der Waals surface area contributed by atoms with Gasteiger partial charge in [0, 0.05) is 11.8 Å². The normalized spacial score (nSPS) is 11.0. The van der Waals surface area contributed by atoms with E-state index in [-0.39, 0.29) is 12.2 Å². The van der Waals surface area contributed by atoms with Gasteiger partial charge in [0.25, 0.3) is 0 Å². The summed E-state index contributed by atoms with van der Waals surface area (Å²) in [7, 11) is 0. The topological polar surface area (TPSA) is 89.6 Å². The van der Waals surface area contributed by atoms with Crippen molar-refractivity contribution in [2.75, 3.05) is 0 Å². The van der Waals surface area contributed by atoms with Crippen LogP contribution in [0.5, 0.6) is 0 Å². The molecule has 0 saturated carbocycles. The summed E-state index contributed by atoms with van der Waals surface area (Å²) in [5.74, 6) is -1.51. The largest absolute Gasteiger partial charge is 0.478 e. The molecular weight excluding hydrogens is 222 g/mol. The van der Waals surface area contributed by atoms with Crippen LogP contribution in [0.15, 0.2) is 36.0 Å². The summed E-state index contributed by atoms with van der Waals surface area (Å²) < 4.78 is 4.90. The maximum Gasteiger partial charge on any atom is 0.335 e. The van der Waals surface area contributed by atoms with Gasteiger partial charge >= 0.3 is 11.9 Å². The van der Waals surface area contributed by atoms with Gasteiger partial charge in [-0.1, -0.05) is 12.1 Å². The quantitative estimate of drug-likeness (QED) is 0.606. The number of carbonyl (C=O) groups is 2. The number of allylic oxidation sites excluding steroid dienone is 1. The molecule has 0 radical (unpaired) electrons. The molecule has 0 spiro atoms. The van der Waals surface area contributed by atoms with Gasteiger partial charge < -0.3 is 15.6 Å². The first-order valence-electron chi connectivity index (χ1n) is 4.92. The molecular formula is C12H13NO4. The first-order chi connectivity index (χ1) is 7.99. The summed E-state index contributed by atoms with van der Waals surface area (Å²) in [5.41, 5.74) is 6.59. The van der Waals surface area contributed by atoms with Gasteiger partial charge in [0.1, 0.15) is 6.61 Å². The smallest absolute Gasteiger partial charge is 0.335 e. The molecule has 0 aliphatic heterocycles. The summed E-state index contributed by atoms with van der Waals surface area (Å²) in [5, 5.41) is 8.69. The fourth-order valence-electron chi connectivity index (χ4n) is 1.13. The van der Waals surface area contributed by atoms with E-state index in [0.29, 0.717) is 11.3 Å². The Bertz CT molecular complexity index is 444. The number of hydrogen-bond acceptors (Lipinski definition) is 4. The van der Waals surface area contributed by atoms with Gasteiger partial charge in [0.15, 0.2) is 0 Å². The molecule has 0 aliphatic carbocycles. The summed E-state index contributed by atoms with van der Waals surface area (Å²) in [4.78, 5) is 21.7. The van der Waals surface area contributed by atoms with Crippen LogP contribution in [0.2, 0.25) is 0 Å². The maximum absolute atomic E-state index is 11.1. The molecule has 0 aromatic heterocycles. The van der Waals surface area contributed by atoms with Gasteiger partial charge in [0.2, 0.25) is 0 Å². The highest BCUT2D eigenvalue weighted by molar-refractivity contribution is 5.87. The lowest BCUT2D eigenvalue weighted by atomic mass is 10.1. The zero-order valence-corrected chi connectivity index (χ0v) is 9.34. The van der Waals surface area contributed by atoms with E-state index in [1.165, 1.54) is 18.2 Å². The lowest BCUT2D eigenvalue weighted by molar-refractivity contribution is -0.139. The van der Waals surface area contributed by atoms with Crippen LogP contribution in [-0.2, 0) is 16.1 Å². The number of carboxylic acid groups (broad SMARTS) is 1. The fourth-order valence-corrected chi connectivity index (χ4v) is 1.13. The SMILES string of the molecule is C/C(N)=C/C(=O)OCc1ccc(C(=O)O)cc1. The Kier molecular flexibility index (Phi) is 4.28. The van der Waals surface area contributed by atoms with Crippen LogP contribution >= 0.6 is 0 Å². The second kappa shape index (κ2) is 5.69. The van der Waals surface area contributed by atoms with Gasteiger partial charge in [-0.15, -0.1) is 0 Å². The van der Waals surface area contributed by atoms with Gasteiger partial charge in [-0.05, 0) is 24.6 Å². The summed E-state index contributed by atoms with van der Waals surface area (Å²) in [6, 6.07) is 6.09. The predicted octanol–water partition coefficient (Wildman–Crippen LogP) is 1.29. The molecule has 0 fully saturated rings. The molecule has 90 valence electrons.